The van der Waals surface area contributed by atoms with E-state index in [1.807, 2.05) is 6.92 Å². The van der Waals surface area contributed by atoms with Crippen LogP contribution in [-0.4, -0.2) is 93.6 Å². The molecule has 4 N–H and O–H groups in total. The molecule has 0 aromatic heterocycles. The number of guanidine groups is 1. The number of nitrogens with one attached hydrogen (secondary N) is 3. The van der Waals surface area contributed by atoms with Crippen molar-refractivity contribution in [1.29, 1.82) is 0 Å². The van der Waals surface area contributed by atoms with E-state index in [0.29, 0.717) is 56.7 Å². The minimum Gasteiger partial charge on any atom is -0.497 e. The predicted octanol–water partition coefficient (Wildman–Crippen LogP) is 0.681. The lowest BCUT2D eigenvalue weighted by atomic mass is 10.1. The summed E-state index contributed by atoms with van der Waals surface area (Å²) in [6.45, 7) is 9.29. The van der Waals surface area contributed by atoms with Crippen molar-refractivity contribution in [2.45, 2.75) is 19.4 Å². The van der Waals surface area contributed by atoms with Crippen molar-refractivity contribution < 1.29 is 19.4 Å². The number of halogens is 1. The second-order valence-electron chi connectivity index (χ2n) is 7.50. The average molecular weight is 549 g/mol. The summed E-state index contributed by atoms with van der Waals surface area (Å²) in [6, 6.07) is 7.02. The summed E-state index contributed by atoms with van der Waals surface area (Å²) in [4.78, 5) is 18.9. The highest BCUT2D eigenvalue weighted by atomic mass is 127. The monoisotopic (exact) mass is 549 g/mol. The van der Waals surface area contributed by atoms with Crippen LogP contribution in [0, 0.1) is 0 Å². The van der Waals surface area contributed by atoms with Crippen molar-refractivity contribution in [2.24, 2.45) is 4.99 Å². The molecule has 1 fully saturated rings. The van der Waals surface area contributed by atoms with Gasteiger partial charge in [-0.1, -0.05) is 6.07 Å². The van der Waals surface area contributed by atoms with E-state index in [9.17, 15) is 9.90 Å². The van der Waals surface area contributed by atoms with Gasteiger partial charge >= 0.3 is 0 Å². The Hall–Kier alpha value is -1.63. The molecule has 0 bridgehead atoms. The fourth-order valence-corrected chi connectivity index (χ4v) is 3.11. The van der Waals surface area contributed by atoms with Gasteiger partial charge in [0, 0.05) is 44.8 Å². The molecule has 10 heteroatoms. The van der Waals surface area contributed by atoms with E-state index in [0.717, 1.165) is 13.1 Å². The van der Waals surface area contributed by atoms with Crippen LogP contribution in [0.1, 0.15) is 24.2 Å². The molecular formula is C21H36IN5O4. The van der Waals surface area contributed by atoms with Crippen LogP contribution >= 0.6 is 24.0 Å². The van der Waals surface area contributed by atoms with Gasteiger partial charge in [-0.2, -0.15) is 0 Å². The van der Waals surface area contributed by atoms with E-state index >= 15 is 0 Å². The van der Waals surface area contributed by atoms with E-state index in [2.05, 4.69) is 25.8 Å². The van der Waals surface area contributed by atoms with Gasteiger partial charge in [-0.15, -0.1) is 24.0 Å². The van der Waals surface area contributed by atoms with E-state index in [1.165, 1.54) is 0 Å². The van der Waals surface area contributed by atoms with Crippen LogP contribution in [0.25, 0.3) is 0 Å². The maximum atomic E-state index is 12.2. The Kier molecular flexibility index (Phi) is 12.8. The van der Waals surface area contributed by atoms with Gasteiger partial charge in [0.2, 0.25) is 0 Å². The summed E-state index contributed by atoms with van der Waals surface area (Å²) in [7, 11) is 1.57. The first-order valence-electron chi connectivity index (χ1n) is 10.4. The highest BCUT2D eigenvalue weighted by Crippen LogP contribution is 2.12. The number of β-amino-alcohol motifs (C(OH)–C–C–N with tert-alkyl or cyclic N) is 1. The largest absolute Gasteiger partial charge is 0.497 e. The number of carbonyl (C=O) groups excluding carboxylic acids is 1. The zero-order valence-corrected chi connectivity index (χ0v) is 21.0. The quantitative estimate of drug-likeness (QED) is 0.147. The Labute approximate surface area is 202 Å². The van der Waals surface area contributed by atoms with Crippen molar-refractivity contribution in [3.05, 3.63) is 29.8 Å². The van der Waals surface area contributed by atoms with Crippen molar-refractivity contribution in [1.82, 2.24) is 20.9 Å². The number of rotatable bonds is 10. The third-order valence-electron chi connectivity index (χ3n) is 4.62. The maximum Gasteiger partial charge on any atom is 0.251 e. The zero-order chi connectivity index (χ0) is 21.8. The fourth-order valence-electron chi connectivity index (χ4n) is 3.11. The lowest BCUT2D eigenvalue weighted by Crippen LogP contribution is -2.48. The molecule has 1 aromatic rings. The molecule has 1 heterocycles. The molecule has 1 unspecified atom stereocenters. The van der Waals surface area contributed by atoms with Crippen molar-refractivity contribution >= 4 is 35.8 Å². The van der Waals surface area contributed by atoms with Gasteiger partial charge in [-0.05, 0) is 32.0 Å². The Bertz CT molecular complexity index is 696. The van der Waals surface area contributed by atoms with Gasteiger partial charge in [-0.25, -0.2) is 0 Å². The summed E-state index contributed by atoms with van der Waals surface area (Å²) < 4.78 is 10.5. The molecule has 9 nitrogen and oxygen atoms in total. The number of aliphatic hydroxyl groups is 1. The topological polar surface area (TPSA) is 107 Å². The van der Waals surface area contributed by atoms with Crippen molar-refractivity contribution in [3.8, 4) is 5.75 Å². The van der Waals surface area contributed by atoms with Crippen LogP contribution in [0.3, 0.4) is 0 Å². The van der Waals surface area contributed by atoms with Crippen molar-refractivity contribution in [2.75, 3.05) is 66.1 Å². The van der Waals surface area contributed by atoms with E-state index < -0.39 is 5.60 Å². The first-order valence-corrected chi connectivity index (χ1v) is 10.4. The standard InChI is InChI=1S/C21H35N5O4.HI/c1-4-22-20(25-15-21(2,28)16-26-10-12-30-13-11-26)24-9-8-23-19(27)17-6-5-7-18(14-17)29-3;/h5-7,14,28H,4,8-13,15-16H2,1-3H3,(H,23,27)(H2,22,24,25);1H. The van der Waals surface area contributed by atoms with E-state index in [-0.39, 0.29) is 36.4 Å². The third kappa shape index (κ3) is 10.5. The number of hydrogen-bond acceptors (Lipinski definition) is 6. The SMILES string of the molecule is CCNC(=NCC(C)(O)CN1CCOCC1)NCCNC(=O)c1cccc(OC)c1.I. The number of nitrogens with zero attached hydrogens (tertiary/aromatic N) is 2. The highest BCUT2D eigenvalue weighted by Gasteiger charge is 2.25. The first-order chi connectivity index (χ1) is 14.4. The molecule has 176 valence electrons. The molecular weight excluding hydrogens is 513 g/mol. The predicted molar refractivity (Wildman–Crippen MR) is 133 cm³/mol. The lowest BCUT2D eigenvalue weighted by molar-refractivity contribution is -0.0180. The number of hydrogen-bond donors (Lipinski definition) is 4. The molecule has 0 radical (unpaired) electrons. The first kappa shape index (κ1) is 27.4. The molecule has 1 atom stereocenters. The third-order valence-corrected chi connectivity index (χ3v) is 4.62. The summed E-state index contributed by atoms with van der Waals surface area (Å²) in [5.41, 5.74) is -0.380. The van der Waals surface area contributed by atoms with Crippen LogP contribution in [0.15, 0.2) is 29.3 Å². The molecule has 0 aliphatic carbocycles. The Morgan fingerprint density at radius 1 is 1.26 bits per heavy atom. The number of amides is 1. The molecule has 1 aliphatic rings. The molecule has 1 saturated heterocycles. The smallest absolute Gasteiger partial charge is 0.251 e. The molecule has 2 rings (SSSR count). The van der Waals surface area contributed by atoms with Crippen LogP contribution < -0.4 is 20.7 Å². The summed E-state index contributed by atoms with van der Waals surface area (Å²) in [5.74, 6) is 1.09. The van der Waals surface area contributed by atoms with Gasteiger partial charge in [0.15, 0.2) is 5.96 Å². The van der Waals surface area contributed by atoms with E-state index in [4.69, 9.17) is 9.47 Å². The van der Waals surface area contributed by atoms with E-state index in [1.54, 1.807) is 38.3 Å². The van der Waals surface area contributed by atoms with Crippen LogP contribution in [0.4, 0.5) is 0 Å². The second kappa shape index (κ2) is 14.4. The number of morpholine rings is 1. The lowest BCUT2D eigenvalue weighted by Gasteiger charge is -2.33. The Balaban J connectivity index is 0.00000480. The molecule has 0 saturated carbocycles. The molecule has 1 aliphatic heterocycles. The van der Waals surface area contributed by atoms with Gasteiger partial charge < -0.3 is 30.5 Å². The summed E-state index contributed by atoms with van der Waals surface area (Å²) in [6.07, 6.45) is 0. The minimum absolute atomic E-state index is 0. The van der Waals surface area contributed by atoms with Gasteiger partial charge in [0.25, 0.3) is 5.91 Å². The second-order valence-corrected chi connectivity index (χ2v) is 7.50. The summed E-state index contributed by atoms with van der Waals surface area (Å²) >= 11 is 0. The number of benzene rings is 1. The number of aliphatic imine (C=N–C) groups is 1. The minimum atomic E-state index is -0.930. The van der Waals surface area contributed by atoms with Gasteiger partial charge in [-0.3, -0.25) is 14.7 Å². The molecule has 0 spiro atoms. The molecule has 1 amide bonds. The van der Waals surface area contributed by atoms with Gasteiger partial charge in [0.1, 0.15) is 5.75 Å². The van der Waals surface area contributed by atoms with Crippen LogP contribution in [0.5, 0.6) is 5.75 Å². The Morgan fingerprint density at radius 2 is 1.97 bits per heavy atom. The number of methoxy groups -OCH3 is 1. The average Bonchev–Trinajstić information content (AvgIpc) is 2.75. The van der Waals surface area contributed by atoms with Crippen LogP contribution in [0.2, 0.25) is 0 Å². The Morgan fingerprint density at radius 3 is 2.65 bits per heavy atom. The normalized spacial score (nSPS) is 16.6. The van der Waals surface area contributed by atoms with Crippen LogP contribution in [-0.2, 0) is 4.74 Å². The summed E-state index contributed by atoms with van der Waals surface area (Å²) in [5, 5.41) is 19.9. The maximum absolute atomic E-state index is 12.2. The van der Waals surface area contributed by atoms with Crippen molar-refractivity contribution in [3.63, 3.8) is 0 Å². The zero-order valence-electron chi connectivity index (χ0n) is 18.6. The fraction of sp³-hybridized carbons (Fsp3) is 0.619. The van der Waals surface area contributed by atoms with Gasteiger partial charge in [0.05, 0.1) is 32.5 Å². The number of ether oxygens (including phenoxy) is 2. The number of carbonyl (C=O) groups is 1. The molecule has 31 heavy (non-hydrogen) atoms. The highest BCUT2D eigenvalue weighted by molar-refractivity contribution is 14.0. The molecule has 1 aromatic carbocycles.